The highest BCUT2D eigenvalue weighted by Gasteiger charge is 2.31. The molecule has 0 saturated carbocycles. The van der Waals surface area contributed by atoms with Crippen LogP contribution in [0.25, 0.3) is 10.6 Å². The lowest BCUT2D eigenvalue weighted by molar-refractivity contribution is -0.00244. The zero-order valence-electron chi connectivity index (χ0n) is 13.0. The van der Waals surface area contributed by atoms with E-state index in [0.29, 0.717) is 13.2 Å². The average Bonchev–Trinajstić information content (AvgIpc) is 3.08. The number of likely N-dealkylation sites (tertiary alicyclic amines) is 1. The molecule has 1 aromatic heterocycles. The van der Waals surface area contributed by atoms with Gasteiger partial charge in [0.15, 0.2) is 0 Å². The van der Waals surface area contributed by atoms with Gasteiger partial charge in [-0.1, -0.05) is 24.3 Å². The Morgan fingerprint density at radius 2 is 2.18 bits per heavy atom. The maximum absolute atomic E-state index is 10.0. The summed E-state index contributed by atoms with van der Waals surface area (Å²) >= 11 is 1.73. The average molecular weight is 318 g/mol. The minimum absolute atomic E-state index is 0.0613. The van der Waals surface area contributed by atoms with Crippen molar-refractivity contribution in [1.82, 2.24) is 9.88 Å². The molecule has 5 heteroatoms. The number of hydrogen-bond acceptors (Lipinski definition) is 5. The number of thiazole rings is 1. The molecule has 1 aliphatic heterocycles. The molecule has 1 N–H and O–H groups in total. The molecule has 2 heterocycles. The number of benzene rings is 1. The Hall–Kier alpha value is -1.27. The van der Waals surface area contributed by atoms with Crippen LogP contribution in [0.4, 0.5) is 0 Å². The number of β-amino-alcohol motifs (C(OH)–C–C–N with tert-alkyl or cyclic N) is 1. The Morgan fingerprint density at radius 1 is 1.36 bits per heavy atom. The summed E-state index contributed by atoms with van der Waals surface area (Å²) in [6.45, 7) is 7.00. The number of hydrogen-bond donors (Lipinski definition) is 1. The first kappa shape index (κ1) is 15.6. The van der Waals surface area contributed by atoms with E-state index in [1.54, 1.807) is 11.3 Å². The molecule has 0 aliphatic carbocycles. The Morgan fingerprint density at radius 3 is 2.95 bits per heavy atom. The normalized spacial score (nSPS) is 22.3. The first-order valence-electron chi connectivity index (χ1n) is 7.70. The quantitative estimate of drug-likeness (QED) is 0.921. The molecule has 22 heavy (non-hydrogen) atoms. The standard InChI is InChI=1S/C17H22N2O2S/c1-3-21-16-11-19(10-15(16)20)9-13-8-18-17(22-13)14-7-5-4-6-12(14)2/h4-8,15-16,20H,3,9-11H2,1-2H3/t15-,16-/m0/s1. The highest BCUT2D eigenvalue weighted by molar-refractivity contribution is 7.15. The second-order valence-corrected chi connectivity index (χ2v) is 6.82. The van der Waals surface area contributed by atoms with E-state index in [4.69, 9.17) is 4.74 Å². The summed E-state index contributed by atoms with van der Waals surface area (Å²) < 4.78 is 5.57. The van der Waals surface area contributed by atoms with Gasteiger partial charge in [-0.3, -0.25) is 4.90 Å². The van der Waals surface area contributed by atoms with Crippen molar-refractivity contribution < 1.29 is 9.84 Å². The molecule has 4 nitrogen and oxygen atoms in total. The third-order valence-electron chi connectivity index (χ3n) is 4.00. The zero-order valence-corrected chi connectivity index (χ0v) is 13.8. The fourth-order valence-corrected chi connectivity index (χ4v) is 3.92. The second kappa shape index (κ2) is 6.87. The smallest absolute Gasteiger partial charge is 0.123 e. The fourth-order valence-electron chi connectivity index (χ4n) is 2.88. The molecular formula is C17H22N2O2S. The van der Waals surface area contributed by atoms with Crippen molar-refractivity contribution in [3.05, 3.63) is 40.9 Å². The Balaban J connectivity index is 1.67. The molecule has 1 fully saturated rings. The first-order valence-corrected chi connectivity index (χ1v) is 8.51. The van der Waals surface area contributed by atoms with E-state index >= 15 is 0 Å². The molecule has 0 bridgehead atoms. The van der Waals surface area contributed by atoms with Crippen LogP contribution in [0.2, 0.25) is 0 Å². The lowest BCUT2D eigenvalue weighted by Crippen LogP contribution is -2.26. The Labute approximate surface area is 135 Å². The summed E-state index contributed by atoms with van der Waals surface area (Å²) in [7, 11) is 0. The van der Waals surface area contributed by atoms with Crippen molar-refractivity contribution >= 4 is 11.3 Å². The molecule has 1 aliphatic rings. The number of nitrogens with zero attached hydrogens (tertiary/aromatic N) is 2. The predicted octanol–water partition coefficient (Wildman–Crippen LogP) is 2.70. The van der Waals surface area contributed by atoms with Gasteiger partial charge in [-0.15, -0.1) is 11.3 Å². The SMILES string of the molecule is CCO[C@H]1CN(Cc2cnc(-c3ccccc3C)s2)C[C@@H]1O. The van der Waals surface area contributed by atoms with Gasteiger partial charge in [0.25, 0.3) is 0 Å². The number of aliphatic hydroxyl groups is 1. The number of rotatable bonds is 5. The summed E-state index contributed by atoms with van der Waals surface area (Å²) in [6, 6.07) is 8.32. The highest BCUT2D eigenvalue weighted by atomic mass is 32.1. The van der Waals surface area contributed by atoms with E-state index in [0.717, 1.165) is 18.1 Å². The molecule has 3 rings (SSSR count). The van der Waals surface area contributed by atoms with E-state index in [1.165, 1.54) is 16.0 Å². The molecule has 0 unspecified atom stereocenters. The molecule has 118 valence electrons. The predicted molar refractivity (Wildman–Crippen MR) is 89.0 cm³/mol. The van der Waals surface area contributed by atoms with Crippen LogP contribution >= 0.6 is 11.3 Å². The van der Waals surface area contributed by atoms with Crippen LogP contribution in [0, 0.1) is 6.92 Å². The van der Waals surface area contributed by atoms with Gasteiger partial charge in [-0.05, 0) is 19.4 Å². The first-order chi connectivity index (χ1) is 10.7. The van der Waals surface area contributed by atoms with Crippen LogP contribution in [0.1, 0.15) is 17.4 Å². The van der Waals surface area contributed by atoms with Gasteiger partial charge in [0.05, 0.1) is 12.2 Å². The summed E-state index contributed by atoms with van der Waals surface area (Å²) in [5.74, 6) is 0. The zero-order chi connectivity index (χ0) is 15.5. The third-order valence-corrected chi connectivity index (χ3v) is 5.02. The van der Waals surface area contributed by atoms with E-state index in [2.05, 4.69) is 28.9 Å². The molecule has 0 spiro atoms. The van der Waals surface area contributed by atoms with Gasteiger partial charge < -0.3 is 9.84 Å². The summed E-state index contributed by atoms with van der Waals surface area (Å²) in [4.78, 5) is 8.02. The Bertz CT molecular complexity index is 629. The van der Waals surface area contributed by atoms with Crippen molar-refractivity contribution in [3.8, 4) is 10.6 Å². The van der Waals surface area contributed by atoms with Gasteiger partial charge >= 0.3 is 0 Å². The lowest BCUT2D eigenvalue weighted by atomic mass is 10.1. The van der Waals surface area contributed by atoms with E-state index in [9.17, 15) is 5.11 Å². The molecule has 2 atom stereocenters. The van der Waals surface area contributed by atoms with Gasteiger partial charge in [-0.2, -0.15) is 0 Å². The van der Waals surface area contributed by atoms with Crippen molar-refractivity contribution in [3.63, 3.8) is 0 Å². The van der Waals surface area contributed by atoms with Crippen LogP contribution in [0.5, 0.6) is 0 Å². The van der Waals surface area contributed by atoms with Gasteiger partial charge in [0.2, 0.25) is 0 Å². The third kappa shape index (κ3) is 3.38. The minimum atomic E-state index is -0.385. The summed E-state index contributed by atoms with van der Waals surface area (Å²) in [5, 5.41) is 11.1. The summed E-state index contributed by atoms with van der Waals surface area (Å²) in [5.41, 5.74) is 2.45. The molecule has 0 amide bonds. The topological polar surface area (TPSA) is 45.6 Å². The lowest BCUT2D eigenvalue weighted by Gasteiger charge is -2.14. The van der Waals surface area contributed by atoms with E-state index in [1.807, 2.05) is 25.3 Å². The maximum Gasteiger partial charge on any atom is 0.123 e. The van der Waals surface area contributed by atoms with Crippen molar-refractivity contribution in [1.29, 1.82) is 0 Å². The maximum atomic E-state index is 10.0. The van der Waals surface area contributed by atoms with Gasteiger partial charge in [-0.25, -0.2) is 4.98 Å². The number of aliphatic hydroxyl groups excluding tert-OH is 1. The number of aromatic nitrogens is 1. The van der Waals surface area contributed by atoms with Crippen LogP contribution in [0.3, 0.4) is 0 Å². The molecule has 2 aromatic rings. The van der Waals surface area contributed by atoms with Crippen molar-refractivity contribution in [2.45, 2.75) is 32.6 Å². The van der Waals surface area contributed by atoms with E-state index in [-0.39, 0.29) is 12.2 Å². The summed E-state index contributed by atoms with van der Waals surface area (Å²) in [6.07, 6.45) is 1.50. The van der Waals surface area contributed by atoms with E-state index < -0.39 is 0 Å². The van der Waals surface area contributed by atoms with Crippen LogP contribution in [0.15, 0.2) is 30.5 Å². The number of ether oxygens (including phenoxy) is 1. The van der Waals surface area contributed by atoms with Crippen molar-refractivity contribution in [2.24, 2.45) is 0 Å². The molecular weight excluding hydrogens is 296 g/mol. The largest absolute Gasteiger partial charge is 0.389 e. The van der Waals surface area contributed by atoms with Gasteiger partial charge in [0.1, 0.15) is 5.01 Å². The number of aryl methyl sites for hydroxylation is 1. The van der Waals surface area contributed by atoms with Gasteiger partial charge in [0, 0.05) is 42.9 Å². The van der Waals surface area contributed by atoms with Crippen LogP contribution < -0.4 is 0 Å². The fraction of sp³-hybridized carbons (Fsp3) is 0.471. The molecule has 0 radical (unpaired) electrons. The highest BCUT2D eigenvalue weighted by Crippen LogP contribution is 2.29. The second-order valence-electron chi connectivity index (χ2n) is 5.70. The Kier molecular flexibility index (Phi) is 4.88. The monoisotopic (exact) mass is 318 g/mol. The van der Waals surface area contributed by atoms with Crippen molar-refractivity contribution in [2.75, 3.05) is 19.7 Å². The molecule has 1 saturated heterocycles. The minimum Gasteiger partial charge on any atom is -0.389 e. The van der Waals surface area contributed by atoms with Crippen LogP contribution in [-0.2, 0) is 11.3 Å². The van der Waals surface area contributed by atoms with Crippen LogP contribution in [-0.4, -0.2) is 46.9 Å². The molecule has 1 aromatic carbocycles.